The molecule has 0 saturated carbocycles. The molecule has 4 rings (SSSR count). The smallest absolute Gasteiger partial charge is 0.257 e. The Morgan fingerprint density at radius 3 is 2.69 bits per heavy atom. The standard InChI is InChI=1S/C22H24N2O5/c1-23-18-11-24(21(25)13-27-2)12-20(18)29-19-10-15(7-8-17(19)22(23)26)14-5-4-6-16(9-14)28-3/h4-10,18,20H,11-13H2,1-3H3/t18-,20+/m1/s1. The molecule has 0 spiro atoms. The highest BCUT2D eigenvalue weighted by Crippen LogP contribution is 2.35. The van der Waals surface area contributed by atoms with Crippen molar-refractivity contribution in [2.45, 2.75) is 12.1 Å². The fourth-order valence-corrected chi connectivity index (χ4v) is 3.95. The van der Waals surface area contributed by atoms with Crippen LogP contribution >= 0.6 is 0 Å². The van der Waals surface area contributed by atoms with Crippen molar-refractivity contribution in [1.29, 1.82) is 0 Å². The predicted molar refractivity (Wildman–Crippen MR) is 107 cm³/mol. The molecule has 7 heteroatoms. The van der Waals surface area contributed by atoms with E-state index in [9.17, 15) is 9.59 Å². The van der Waals surface area contributed by atoms with E-state index in [2.05, 4.69) is 0 Å². The lowest BCUT2D eigenvalue weighted by molar-refractivity contribution is -0.134. The number of benzene rings is 2. The highest BCUT2D eigenvalue weighted by Gasteiger charge is 2.43. The molecule has 2 aliphatic rings. The number of hydrogen-bond acceptors (Lipinski definition) is 5. The van der Waals surface area contributed by atoms with Crippen molar-refractivity contribution in [2.75, 3.05) is 41.0 Å². The lowest BCUT2D eigenvalue weighted by atomic mass is 10.0. The second kappa shape index (κ2) is 7.75. The summed E-state index contributed by atoms with van der Waals surface area (Å²) in [6, 6.07) is 13.1. The van der Waals surface area contributed by atoms with Crippen LogP contribution < -0.4 is 9.47 Å². The molecule has 2 atom stereocenters. The minimum absolute atomic E-state index is 0.0215. The molecule has 1 fully saturated rings. The van der Waals surface area contributed by atoms with Crippen molar-refractivity contribution < 1.29 is 23.8 Å². The van der Waals surface area contributed by atoms with Gasteiger partial charge in [-0.05, 0) is 35.4 Å². The van der Waals surface area contributed by atoms with Gasteiger partial charge in [-0.3, -0.25) is 9.59 Å². The van der Waals surface area contributed by atoms with Gasteiger partial charge in [-0.25, -0.2) is 0 Å². The van der Waals surface area contributed by atoms with Gasteiger partial charge in [0.15, 0.2) is 0 Å². The Kier molecular flexibility index (Phi) is 5.15. The van der Waals surface area contributed by atoms with E-state index in [0.717, 1.165) is 16.9 Å². The van der Waals surface area contributed by atoms with Crippen LogP contribution in [0.4, 0.5) is 0 Å². The van der Waals surface area contributed by atoms with Crippen LogP contribution in [0.2, 0.25) is 0 Å². The zero-order valence-corrected chi connectivity index (χ0v) is 16.8. The van der Waals surface area contributed by atoms with Gasteiger partial charge in [-0.15, -0.1) is 0 Å². The second-order valence-corrected chi connectivity index (χ2v) is 7.31. The third kappa shape index (κ3) is 3.53. The predicted octanol–water partition coefficient (Wildman–Crippen LogP) is 2.05. The van der Waals surface area contributed by atoms with Gasteiger partial charge in [-0.2, -0.15) is 0 Å². The topological polar surface area (TPSA) is 68.3 Å². The van der Waals surface area contributed by atoms with Crippen molar-refractivity contribution in [3.63, 3.8) is 0 Å². The number of carbonyl (C=O) groups is 2. The van der Waals surface area contributed by atoms with Gasteiger partial charge in [0.1, 0.15) is 24.2 Å². The molecule has 2 aromatic carbocycles. The fourth-order valence-electron chi connectivity index (χ4n) is 3.95. The quantitative estimate of drug-likeness (QED) is 0.791. The van der Waals surface area contributed by atoms with Crippen LogP contribution in [0.15, 0.2) is 42.5 Å². The van der Waals surface area contributed by atoms with E-state index < -0.39 is 0 Å². The molecule has 2 aromatic rings. The number of ether oxygens (including phenoxy) is 3. The van der Waals surface area contributed by atoms with Crippen LogP contribution in [-0.2, 0) is 9.53 Å². The third-order valence-corrected chi connectivity index (χ3v) is 5.57. The van der Waals surface area contributed by atoms with Gasteiger partial charge in [0.2, 0.25) is 5.91 Å². The number of likely N-dealkylation sites (tertiary alicyclic amines) is 1. The van der Waals surface area contributed by atoms with Crippen LogP contribution in [0.1, 0.15) is 10.4 Å². The summed E-state index contributed by atoms with van der Waals surface area (Å²) in [5.74, 6) is 1.09. The number of likely N-dealkylation sites (N-methyl/N-ethyl adjacent to an activating group) is 1. The average Bonchev–Trinajstić information content (AvgIpc) is 3.13. The lowest BCUT2D eigenvalue weighted by Crippen LogP contribution is -2.44. The molecule has 2 aliphatic heterocycles. The van der Waals surface area contributed by atoms with Crippen LogP contribution in [0, 0.1) is 0 Å². The normalized spacial score (nSPS) is 20.6. The highest BCUT2D eigenvalue weighted by molar-refractivity contribution is 5.98. The number of fused-ring (bicyclic) bond motifs is 2. The summed E-state index contributed by atoms with van der Waals surface area (Å²) in [7, 11) is 4.89. The summed E-state index contributed by atoms with van der Waals surface area (Å²) in [6.45, 7) is 0.882. The van der Waals surface area contributed by atoms with Crippen molar-refractivity contribution in [3.8, 4) is 22.6 Å². The highest BCUT2D eigenvalue weighted by atomic mass is 16.5. The molecule has 2 amide bonds. The number of carbonyl (C=O) groups excluding carboxylic acids is 2. The van der Waals surface area contributed by atoms with Crippen LogP contribution in [0.3, 0.4) is 0 Å². The Bertz CT molecular complexity index is 945. The zero-order chi connectivity index (χ0) is 20.5. The minimum Gasteiger partial charge on any atom is -0.497 e. The number of methoxy groups -OCH3 is 2. The summed E-state index contributed by atoms with van der Waals surface area (Å²) in [5, 5.41) is 0. The van der Waals surface area contributed by atoms with E-state index in [0.29, 0.717) is 24.4 Å². The monoisotopic (exact) mass is 396 g/mol. The summed E-state index contributed by atoms with van der Waals surface area (Å²) < 4.78 is 16.5. The molecular formula is C22H24N2O5. The first-order valence-corrected chi connectivity index (χ1v) is 9.51. The van der Waals surface area contributed by atoms with Crippen molar-refractivity contribution in [3.05, 3.63) is 48.0 Å². The molecule has 1 saturated heterocycles. The molecule has 152 valence electrons. The van der Waals surface area contributed by atoms with Gasteiger partial charge in [-0.1, -0.05) is 18.2 Å². The van der Waals surface area contributed by atoms with Crippen molar-refractivity contribution in [1.82, 2.24) is 9.80 Å². The van der Waals surface area contributed by atoms with E-state index in [4.69, 9.17) is 14.2 Å². The minimum atomic E-state index is -0.286. The van der Waals surface area contributed by atoms with Crippen molar-refractivity contribution in [2.24, 2.45) is 0 Å². The maximum Gasteiger partial charge on any atom is 0.257 e. The zero-order valence-electron chi connectivity index (χ0n) is 16.8. The number of rotatable bonds is 4. The summed E-state index contributed by atoms with van der Waals surface area (Å²) in [5.41, 5.74) is 2.44. The van der Waals surface area contributed by atoms with E-state index in [1.807, 2.05) is 36.4 Å². The van der Waals surface area contributed by atoms with Gasteiger partial charge >= 0.3 is 0 Å². The van der Waals surface area contributed by atoms with E-state index in [1.54, 1.807) is 30.0 Å². The molecule has 29 heavy (non-hydrogen) atoms. The second-order valence-electron chi connectivity index (χ2n) is 7.31. The maximum atomic E-state index is 13.0. The lowest BCUT2D eigenvalue weighted by Gasteiger charge is -2.24. The Labute approximate surface area is 169 Å². The number of amides is 2. The van der Waals surface area contributed by atoms with Gasteiger partial charge in [0.05, 0.1) is 25.3 Å². The molecule has 0 radical (unpaired) electrons. The van der Waals surface area contributed by atoms with Crippen LogP contribution in [0.5, 0.6) is 11.5 Å². The molecule has 0 aliphatic carbocycles. The van der Waals surface area contributed by atoms with Crippen LogP contribution in [-0.4, -0.2) is 74.7 Å². The summed E-state index contributed by atoms with van der Waals surface area (Å²) in [6.07, 6.45) is -0.286. The first kappa shape index (κ1) is 19.3. The molecular weight excluding hydrogens is 372 g/mol. The van der Waals surface area contributed by atoms with Gasteiger partial charge in [0, 0.05) is 20.7 Å². The fraction of sp³-hybridized carbons (Fsp3) is 0.364. The summed E-state index contributed by atoms with van der Waals surface area (Å²) >= 11 is 0. The van der Waals surface area contributed by atoms with Crippen molar-refractivity contribution >= 4 is 11.8 Å². The van der Waals surface area contributed by atoms with Crippen LogP contribution in [0.25, 0.3) is 11.1 Å². The molecule has 7 nitrogen and oxygen atoms in total. The average molecular weight is 396 g/mol. The van der Waals surface area contributed by atoms with E-state index in [-0.39, 0.29) is 30.6 Å². The molecule has 2 heterocycles. The first-order valence-electron chi connectivity index (χ1n) is 9.51. The molecule has 0 aromatic heterocycles. The van der Waals surface area contributed by atoms with Gasteiger partial charge in [0.25, 0.3) is 5.91 Å². The Hall–Kier alpha value is -3.06. The molecule has 0 unspecified atom stereocenters. The van der Waals surface area contributed by atoms with E-state index in [1.165, 1.54) is 7.11 Å². The first-order chi connectivity index (χ1) is 14.0. The van der Waals surface area contributed by atoms with E-state index >= 15 is 0 Å². The Morgan fingerprint density at radius 2 is 1.93 bits per heavy atom. The SMILES string of the molecule is COCC(=O)N1C[C@@H]2Oc3cc(-c4cccc(OC)c4)ccc3C(=O)N(C)[C@@H]2C1. The van der Waals surface area contributed by atoms with Gasteiger partial charge < -0.3 is 24.0 Å². The number of nitrogens with zero attached hydrogens (tertiary/aromatic N) is 2. The summed E-state index contributed by atoms with van der Waals surface area (Å²) in [4.78, 5) is 28.6. The Morgan fingerprint density at radius 1 is 1.14 bits per heavy atom. The molecule has 0 N–H and O–H groups in total. The molecule has 0 bridgehead atoms. The number of hydrogen-bond donors (Lipinski definition) is 0. The maximum absolute atomic E-state index is 13.0. The Balaban J connectivity index is 1.66. The largest absolute Gasteiger partial charge is 0.497 e. The third-order valence-electron chi connectivity index (χ3n) is 5.57.